The normalized spacial score (nSPS) is 28.2. The summed E-state index contributed by atoms with van der Waals surface area (Å²) >= 11 is 0. The van der Waals surface area contributed by atoms with Crippen molar-refractivity contribution in [2.45, 2.75) is 51.1 Å². The van der Waals surface area contributed by atoms with Crippen LogP contribution < -0.4 is 5.73 Å². The Bertz CT molecular complexity index is 233. The van der Waals surface area contributed by atoms with Crippen molar-refractivity contribution in [1.29, 1.82) is 0 Å². The number of aliphatic hydroxyl groups excluding tert-OH is 1. The van der Waals surface area contributed by atoms with Gasteiger partial charge in [-0.2, -0.15) is 0 Å². The van der Waals surface area contributed by atoms with E-state index in [-0.39, 0.29) is 30.5 Å². The van der Waals surface area contributed by atoms with E-state index in [2.05, 4.69) is 0 Å². The molecule has 4 nitrogen and oxygen atoms in total. The Kier molecular flexibility index (Phi) is 5.22. The summed E-state index contributed by atoms with van der Waals surface area (Å²) in [5.41, 5.74) is 6.05. The molecule has 1 aliphatic rings. The topological polar surface area (TPSA) is 66.6 Å². The van der Waals surface area contributed by atoms with Gasteiger partial charge in [0.25, 0.3) is 0 Å². The minimum atomic E-state index is -0.122. The van der Waals surface area contributed by atoms with Crippen LogP contribution in [0.4, 0.5) is 0 Å². The molecule has 94 valence electrons. The largest absolute Gasteiger partial charge is 0.394 e. The fraction of sp³-hybridized carbons (Fsp3) is 0.917. The summed E-state index contributed by atoms with van der Waals surface area (Å²) in [6, 6.07) is -0.133. The highest BCUT2D eigenvalue weighted by Gasteiger charge is 2.30. The predicted molar refractivity (Wildman–Crippen MR) is 63.9 cm³/mol. The molecule has 16 heavy (non-hydrogen) atoms. The Hall–Kier alpha value is -0.610. The number of nitrogens with two attached hydrogens (primary N) is 1. The van der Waals surface area contributed by atoms with Gasteiger partial charge in [0.1, 0.15) is 0 Å². The standard InChI is InChI=1S/C12H24N2O2/c1-9(8-15)14(2)12(16)10-6-4-3-5-7-11(10)13/h9-11,15H,3-8,13H2,1-2H3. The van der Waals surface area contributed by atoms with Crippen LogP contribution in [0.3, 0.4) is 0 Å². The lowest BCUT2D eigenvalue weighted by atomic mass is 9.93. The number of hydrogen-bond acceptors (Lipinski definition) is 3. The second-order valence-electron chi connectivity index (χ2n) is 4.89. The van der Waals surface area contributed by atoms with Crippen molar-refractivity contribution >= 4 is 5.91 Å². The van der Waals surface area contributed by atoms with Crippen LogP contribution >= 0.6 is 0 Å². The number of rotatable bonds is 3. The highest BCUT2D eigenvalue weighted by Crippen LogP contribution is 2.24. The average molecular weight is 228 g/mol. The number of carbonyl (C=O) groups is 1. The summed E-state index contributed by atoms with van der Waals surface area (Å²) in [4.78, 5) is 13.8. The smallest absolute Gasteiger partial charge is 0.227 e. The van der Waals surface area contributed by atoms with E-state index in [9.17, 15) is 4.79 Å². The lowest BCUT2D eigenvalue weighted by molar-refractivity contribution is -0.137. The molecule has 0 saturated heterocycles. The zero-order valence-electron chi connectivity index (χ0n) is 10.4. The fourth-order valence-electron chi connectivity index (χ4n) is 2.24. The van der Waals surface area contributed by atoms with Gasteiger partial charge >= 0.3 is 0 Å². The SMILES string of the molecule is CC(CO)N(C)C(=O)C1CCCCCC1N. The van der Waals surface area contributed by atoms with E-state index in [1.807, 2.05) is 6.92 Å². The van der Waals surface area contributed by atoms with Crippen LogP contribution in [0, 0.1) is 5.92 Å². The molecule has 1 amide bonds. The van der Waals surface area contributed by atoms with E-state index in [4.69, 9.17) is 10.8 Å². The minimum absolute atomic E-state index is 0.00416. The predicted octanol–water partition coefficient (Wildman–Crippen LogP) is 0.733. The summed E-state index contributed by atoms with van der Waals surface area (Å²) in [6.07, 6.45) is 5.23. The summed E-state index contributed by atoms with van der Waals surface area (Å²) in [5.74, 6) is 0.0393. The number of nitrogens with zero attached hydrogens (tertiary/aromatic N) is 1. The van der Waals surface area contributed by atoms with Gasteiger partial charge in [-0.25, -0.2) is 0 Å². The van der Waals surface area contributed by atoms with Crippen molar-refractivity contribution < 1.29 is 9.90 Å². The molecule has 3 unspecified atom stereocenters. The number of aliphatic hydroxyl groups is 1. The Morgan fingerprint density at radius 1 is 1.44 bits per heavy atom. The van der Waals surface area contributed by atoms with Gasteiger partial charge in [0.05, 0.1) is 18.6 Å². The molecule has 1 aliphatic carbocycles. The van der Waals surface area contributed by atoms with Crippen LogP contribution in [0.5, 0.6) is 0 Å². The molecule has 0 aromatic carbocycles. The van der Waals surface area contributed by atoms with Crippen LogP contribution in [0.15, 0.2) is 0 Å². The van der Waals surface area contributed by atoms with Crippen LogP contribution in [-0.2, 0) is 4.79 Å². The maximum absolute atomic E-state index is 12.2. The van der Waals surface area contributed by atoms with Crippen molar-refractivity contribution in [2.24, 2.45) is 11.7 Å². The first kappa shape index (κ1) is 13.5. The van der Waals surface area contributed by atoms with Crippen molar-refractivity contribution in [2.75, 3.05) is 13.7 Å². The van der Waals surface area contributed by atoms with Crippen LogP contribution in [0.2, 0.25) is 0 Å². The Balaban J connectivity index is 2.63. The molecule has 0 aliphatic heterocycles. The summed E-state index contributed by atoms with van der Waals surface area (Å²) in [7, 11) is 1.75. The molecule has 0 spiro atoms. The maximum atomic E-state index is 12.2. The molecule has 3 N–H and O–H groups in total. The average Bonchev–Trinajstić information content (AvgIpc) is 2.51. The van der Waals surface area contributed by atoms with E-state index in [0.717, 1.165) is 25.7 Å². The first-order valence-electron chi connectivity index (χ1n) is 6.21. The van der Waals surface area contributed by atoms with Gasteiger partial charge in [0, 0.05) is 13.1 Å². The van der Waals surface area contributed by atoms with Gasteiger partial charge in [-0.15, -0.1) is 0 Å². The molecule has 3 atom stereocenters. The quantitative estimate of drug-likeness (QED) is 0.700. The third kappa shape index (κ3) is 3.19. The molecule has 1 saturated carbocycles. The molecule has 1 fully saturated rings. The first-order chi connectivity index (χ1) is 7.57. The van der Waals surface area contributed by atoms with Gasteiger partial charge in [0.15, 0.2) is 0 Å². The van der Waals surface area contributed by atoms with E-state index in [1.54, 1.807) is 11.9 Å². The van der Waals surface area contributed by atoms with Crippen molar-refractivity contribution in [1.82, 2.24) is 4.90 Å². The fourth-order valence-corrected chi connectivity index (χ4v) is 2.24. The van der Waals surface area contributed by atoms with Crippen molar-refractivity contribution in [3.8, 4) is 0 Å². The van der Waals surface area contributed by atoms with Gasteiger partial charge < -0.3 is 15.7 Å². The minimum Gasteiger partial charge on any atom is -0.394 e. The second-order valence-corrected chi connectivity index (χ2v) is 4.89. The molecule has 0 radical (unpaired) electrons. The van der Waals surface area contributed by atoms with Crippen LogP contribution in [0.25, 0.3) is 0 Å². The van der Waals surface area contributed by atoms with Crippen molar-refractivity contribution in [3.05, 3.63) is 0 Å². The lowest BCUT2D eigenvalue weighted by Crippen LogP contribution is -2.46. The number of likely N-dealkylation sites (N-methyl/N-ethyl adjacent to an activating group) is 1. The third-order valence-electron chi connectivity index (χ3n) is 3.66. The van der Waals surface area contributed by atoms with Crippen LogP contribution in [-0.4, -0.2) is 41.7 Å². The molecule has 0 aromatic rings. The monoisotopic (exact) mass is 228 g/mol. The molecule has 0 heterocycles. The highest BCUT2D eigenvalue weighted by molar-refractivity contribution is 5.79. The zero-order chi connectivity index (χ0) is 12.1. The molecular weight excluding hydrogens is 204 g/mol. The molecule has 4 heteroatoms. The zero-order valence-corrected chi connectivity index (χ0v) is 10.4. The maximum Gasteiger partial charge on any atom is 0.227 e. The number of amides is 1. The number of carbonyl (C=O) groups excluding carboxylic acids is 1. The first-order valence-corrected chi connectivity index (χ1v) is 6.21. The molecule has 0 aromatic heterocycles. The van der Waals surface area contributed by atoms with E-state index in [0.29, 0.717) is 0 Å². The summed E-state index contributed by atoms with van der Waals surface area (Å²) < 4.78 is 0. The van der Waals surface area contributed by atoms with Crippen LogP contribution in [0.1, 0.15) is 39.0 Å². The van der Waals surface area contributed by atoms with Crippen molar-refractivity contribution in [3.63, 3.8) is 0 Å². The number of hydrogen-bond donors (Lipinski definition) is 2. The van der Waals surface area contributed by atoms with Gasteiger partial charge in [-0.1, -0.05) is 19.3 Å². The van der Waals surface area contributed by atoms with Gasteiger partial charge in [0.2, 0.25) is 5.91 Å². The van der Waals surface area contributed by atoms with Gasteiger partial charge in [-0.05, 0) is 19.8 Å². The molecule has 1 rings (SSSR count). The van der Waals surface area contributed by atoms with Gasteiger partial charge in [-0.3, -0.25) is 4.79 Å². The Morgan fingerprint density at radius 3 is 2.69 bits per heavy atom. The van der Waals surface area contributed by atoms with E-state index >= 15 is 0 Å². The molecular formula is C12H24N2O2. The molecule has 0 bridgehead atoms. The van der Waals surface area contributed by atoms with E-state index < -0.39 is 0 Å². The highest BCUT2D eigenvalue weighted by atomic mass is 16.3. The summed E-state index contributed by atoms with van der Waals surface area (Å²) in [6.45, 7) is 1.85. The van der Waals surface area contributed by atoms with E-state index in [1.165, 1.54) is 6.42 Å². The lowest BCUT2D eigenvalue weighted by Gasteiger charge is -2.29. The third-order valence-corrected chi connectivity index (χ3v) is 3.66. The Labute approximate surface area is 97.8 Å². The second kappa shape index (κ2) is 6.21. The Morgan fingerprint density at radius 2 is 2.06 bits per heavy atom. The summed E-state index contributed by atoms with van der Waals surface area (Å²) in [5, 5.41) is 9.05.